The van der Waals surface area contributed by atoms with E-state index in [1.165, 1.54) is 12.8 Å². The molecule has 3 nitrogen and oxygen atoms in total. The number of amides is 1. The number of halogens is 1. The van der Waals surface area contributed by atoms with Gasteiger partial charge < -0.3 is 9.46 Å². The van der Waals surface area contributed by atoms with Crippen molar-refractivity contribution in [1.82, 2.24) is 4.90 Å². The van der Waals surface area contributed by atoms with Gasteiger partial charge in [-0.1, -0.05) is 29.8 Å². The number of benzene rings is 1. The quantitative estimate of drug-likeness (QED) is 0.713. The molecule has 1 aliphatic carbocycles. The zero-order valence-corrected chi connectivity index (χ0v) is 15.9. The summed E-state index contributed by atoms with van der Waals surface area (Å²) in [5, 5.41) is 0.789. The molecule has 1 saturated carbocycles. The maximum absolute atomic E-state index is 13.2. The molecule has 1 fully saturated rings. The first-order chi connectivity index (χ1) is 10.4. The second-order valence-corrected chi connectivity index (χ2v) is 10.9. The van der Waals surface area contributed by atoms with Crippen LogP contribution in [0.25, 0.3) is 0 Å². The zero-order valence-electron chi connectivity index (χ0n) is 13.4. The average molecular weight is 384 g/mol. The van der Waals surface area contributed by atoms with Crippen LogP contribution in [0, 0.1) is 5.92 Å². The van der Waals surface area contributed by atoms with E-state index in [4.69, 9.17) is 0 Å². The molecule has 0 aromatic heterocycles. The third-order valence-corrected chi connectivity index (χ3v) is 8.97. The summed E-state index contributed by atoms with van der Waals surface area (Å²) in [4.78, 5) is 15.0. The topological polar surface area (TPSA) is 37.4 Å². The van der Waals surface area contributed by atoms with Crippen molar-refractivity contribution in [3.63, 3.8) is 0 Å². The Labute approximate surface area is 141 Å². The van der Waals surface area contributed by atoms with Crippen LogP contribution in [0.5, 0.6) is 0 Å². The number of rotatable bonds is 5. The van der Waals surface area contributed by atoms with Gasteiger partial charge in [0, 0.05) is 34.7 Å². The Hall–Kier alpha value is -0.600. The molecular weight excluding hydrogens is 361 g/mol. The van der Waals surface area contributed by atoms with E-state index in [-0.39, 0.29) is 11.9 Å². The van der Waals surface area contributed by atoms with Gasteiger partial charge in [0.05, 0.1) is 5.56 Å². The number of nitrogens with zero attached hydrogens (tertiary/aromatic N) is 1. The number of carbonyl (C=O) groups excluding carboxylic acids is 1. The van der Waals surface area contributed by atoms with E-state index in [0.29, 0.717) is 24.8 Å². The fraction of sp³-hybridized carbons (Fsp3) is 0.588. The van der Waals surface area contributed by atoms with Crippen molar-refractivity contribution in [3.8, 4) is 0 Å². The molecule has 0 spiro atoms. The molecule has 0 bridgehead atoms. The highest BCUT2D eigenvalue weighted by molar-refractivity contribution is 9.10. The Morgan fingerprint density at radius 2 is 1.95 bits per heavy atom. The van der Waals surface area contributed by atoms with Gasteiger partial charge in [0.15, 0.2) is 0 Å². The monoisotopic (exact) mass is 383 g/mol. The molecule has 0 radical (unpaired) electrons. The van der Waals surface area contributed by atoms with E-state index < -0.39 is 7.14 Å². The molecule has 1 heterocycles. The molecule has 1 aromatic rings. The lowest BCUT2D eigenvalue weighted by atomic mass is 10.1. The van der Waals surface area contributed by atoms with Gasteiger partial charge in [-0.3, -0.25) is 4.79 Å². The van der Waals surface area contributed by atoms with Gasteiger partial charge in [0.2, 0.25) is 0 Å². The predicted octanol–water partition coefficient (Wildman–Crippen LogP) is 4.23. The Morgan fingerprint density at radius 1 is 1.32 bits per heavy atom. The molecule has 120 valence electrons. The van der Waals surface area contributed by atoms with E-state index >= 15 is 0 Å². The van der Waals surface area contributed by atoms with E-state index in [0.717, 1.165) is 20.9 Å². The van der Waals surface area contributed by atoms with Crippen molar-refractivity contribution in [2.45, 2.75) is 46.2 Å². The van der Waals surface area contributed by atoms with Crippen molar-refractivity contribution in [2.75, 3.05) is 12.3 Å². The molecule has 5 heteroatoms. The lowest BCUT2D eigenvalue weighted by molar-refractivity contribution is 0.0698. The summed E-state index contributed by atoms with van der Waals surface area (Å²) in [5.41, 5.74) is 1.76. The van der Waals surface area contributed by atoms with Gasteiger partial charge in [-0.05, 0) is 43.4 Å². The van der Waals surface area contributed by atoms with Crippen molar-refractivity contribution in [2.24, 2.45) is 5.92 Å². The van der Waals surface area contributed by atoms with Crippen LogP contribution in [0.15, 0.2) is 16.6 Å². The minimum atomic E-state index is -2.48. The highest BCUT2D eigenvalue weighted by Gasteiger charge is 2.41. The number of fused-ring (bicyclic) bond motifs is 1. The summed E-state index contributed by atoms with van der Waals surface area (Å²) in [7, 11) is -2.48. The van der Waals surface area contributed by atoms with Crippen LogP contribution in [0.3, 0.4) is 0 Å². The van der Waals surface area contributed by atoms with E-state index in [1.54, 1.807) is 0 Å². The van der Waals surface area contributed by atoms with E-state index in [1.807, 2.05) is 30.9 Å². The summed E-state index contributed by atoms with van der Waals surface area (Å²) in [6.07, 6.45) is 3.66. The Balaban J connectivity index is 2.07. The number of hydrogen-bond acceptors (Lipinski definition) is 2. The smallest absolute Gasteiger partial charge is 0.255 e. The van der Waals surface area contributed by atoms with Crippen molar-refractivity contribution in [1.29, 1.82) is 0 Å². The molecular formula is C17H23BrNO2P. The van der Waals surface area contributed by atoms with Crippen LogP contribution in [-0.2, 0) is 11.1 Å². The van der Waals surface area contributed by atoms with Gasteiger partial charge in [-0.15, -0.1) is 0 Å². The van der Waals surface area contributed by atoms with E-state index in [9.17, 15) is 9.36 Å². The Bertz CT molecular complexity index is 661. The Morgan fingerprint density at radius 3 is 2.50 bits per heavy atom. The molecule has 0 saturated heterocycles. The first-order valence-corrected chi connectivity index (χ1v) is 11.0. The van der Waals surface area contributed by atoms with Crippen molar-refractivity contribution in [3.05, 3.63) is 27.7 Å². The third kappa shape index (κ3) is 2.59. The van der Waals surface area contributed by atoms with Crippen LogP contribution < -0.4 is 5.30 Å². The van der Waals surface area contributed by atoms with Crippen LogP contribution in [-0.4, -0.2) is 29.2 Å². The van der Waals surface area contributed by atoms with Crippen LogP contribution in [0.1, 0.15) is 49.5 Å². The van der Waals surface area contributed by atoms with Gasteiger partial charge in [-0.2, -0.15) is 0 Å². The van der Waals surface area contributed by atoms with Crippen molar-refractivity contribution < 1.29 is 9.36 Å². The van der Waals surface area contributed by atoms with Gasteiger partial charge in [0.1, 0.15) is 7.14 Å². The zero-order chi connectivity index (χ0) is 16.1. The Kier molecular flexibility index (Phi) is 4.28. The van der Waals surface area contributed by atoms with Crippen LogP contribution >= 0.6 is 23.1 Å². The molecule has 1 aliphatic heterocycles. The van der Waals surface area contributed by atoms with Gasteiger partial charge >= 0.3 is 0 Å². The molecule has 22 heavy (non-hydrogen) atoms. The first kappa shape index (κ1) is 16.3. The summed E-state index contributed by atoms with van der Waals surface area (Å²) >= 11 is 3.53. The fourth-order valence-corrected chi connectivity index (χ4v) is 6.30. The molecule has 1 aromatic carbocycles. The summed E-state index contributed by atoms with van der Waals surface area (Å²) in [5.74, 6) is 0.730. The normalized spacial score (nSPS) is 19.5. The number of carbonyl (C=O) groups is 1. The van der Waals surface area contributed by atoms with Gasteiger partial charge in [-0.25, -0.2) is 0 Å². The lowest BCUT2D eigenvalue weighted by Crippen LogP contribution is -2.35. The summed E-state index contributed by atoms with van der Waals surface area (Å²) in [6.45, 7) is 6.73. The largest absolute Gasteiger partial charge is 0.331 e. The molecule has 1 unspecified atom stereocenters. The number of hydrogen-bond donors (Lipinski definition) is 0. The molecule has 1 amide bonds. The highest BCUT2D eigenvalue weighted by Crippen LogP contribution is 2.47. The second-order valence-electron chi connectivity index (χ2n) is 6.49. The minimum Gasteiger partial charge on any atom is -0.331 e. The second kappa shape index (κ2) is 5.79. The average Bonchev–Trinajstić information content (AvgIpc) is 3.30. The molecule has 3 rings (SSSR count). The van der Waals surface area contributed by atoms with Gasteiger partial charge in [0.25, 0.3) is 5.91 Å². The van der Waals surface area contributed by atoms with Crippen LogP contribution in [0.2, 0.25) is 0 Å². The third-order valence-electron chi connectivity index (χ3n) is 5.24. The maximum atomic E-state index is 13.2. The lowest BCUT2D eigenvalue weighted by Gasteiger charge is -2.24. The maximum Gasteiger partial charge on any atom is 0.255 e. The first-order valence-electron chi connectivity index (χ1n) is 8.13. The van der Waals surface area contributed by atoms with E-state index in [2.05, 4.69) is 22.9 Å². The SMILES string of the molecule is CCP(=O)(CC)c1cc(Br)cc2c1C(=O)N(C(C)C1CC1)C2. The minimum absolute atomic E-state index is 0.0824. The summed E-state index contributed by atoms with van der Waals surface area (Å²) in [6, 6.07) is 4.22. The highest BCUT2D eigenvalue weighted by atomic mass is 79.9. The van der Waals surface area contributed by atoms with Crippen LogP contribution in [0.4, 0.5) is 0 Å². The predicted molar refractivity (Wildman–Crippen MR) is 94.5 cm³/mol. The van der Waals surface area contributed by atoms with Crippen molar-refractivity contribution >= 4 is 34.3 Å². The fourth-order valence-electron chi connectivity index (χ4n) is 3.47. The molecule has 1 atom stereocenters. The standard InChI is InChI=1S/C17H23BrNO2P/c1-4-22(21,5-2)15-9-14(18)8-13-10-19(17(20)16(13)15)11(3)12-6-7-12/h8-9,11-12H,4-7,10H2,1-3H3. The molecule has 0 N–H and O–H groups in total. The summed E-state index contributed by atoms with van der Waals surface area (Å²) < 4.78 is 14.2. The molecule has 2 aliphatic rings.